The number of aromatic nitrogens is 1. The van der Waals surface area contributed by atoms with Gasteiger partial charge >= 0.3 is 0 Å². The van der Waals surface area contributed by atoms with Crippen molar-refractivity contribution in [2.24, 2.45) is 7.05 Å². The van der Waals surface area contributed by atoms with Gasteiger partial charge in [-0.25, -0.2) is 4.39 Å². The van der Waals surface area contributed by atoms with Gasteiger partial charge in [0.05, 0.1) is 10.9 Å². The largest absolute Gasteiger partial charge is 0.450 e. The summed E-state index contributed by atoms with van der Waals surface area (Å²) in [4.78, 5) is 0. The molecule has 2 nitrogen and oxygen atoms in total. The van der Waals surface area contributed by atoms with Crippen molar-refractivity contribution in [3.63, 3.8) is 0 Å². The van der Waals surface area contributed by atoms with Crippen LogP contribution in [0.15, 0.2) is 48.5 Å². The van der Waals surface area contributed by atoms with E-state index in [1.54, 1.807) is 6.07 Å². The highest BCUT2D eigenvalue weighted by Gasteiger charge is 2.31. The van der Waals surface area contributed by atoms with E-state index in [1.165, 1.54) is 28.1 Å². The van der Waals surface area contributed by atoms with E-state index in [2.05, 4.69) is 30.5 Å². The topological polar surface area (TPSA) is 13.1 Å². The fourth-order valence-corrected chi connectivity index (χ4v) is 3.97. The first-order valence-corrected chi connectivity index (χ1v) is 8.38. The van der Waals surface area contributed by atoms with Gasteiger partial charge in [0.2, 0.25) is 5.52 Å². The maximum absolute atomic E-state index is 13.7. The number of nitrogens with zero attached hydrogens (tertiary/aromatic N) is 1. The molecule has 0 amide bonds. The summed E-state index contributed by atoms with van der Waals surface area (Å²) in [7, 11) is 2.02. The quantitative estimate of drug-likeness (QED) is 0.349. The summed E-state index contributed by atoms with van der Waals surface area (Å²) >= 11 is 0. The van der Waals surface area contributed by atoms with Crippen LogP contribution in [0, 0.1) is 19.7 Å². The number of pyridine rings is 1. The molecule has 0 atom stereocenters. The number of fused-ring (bicyclic) bond motifs is 3. The maximum atomic E-state index is 13.7. The van der Waals surface area contributed by atoms with E-state index in [9.17, 15) is 4.39 Å². The minimum absolute atomic E-state index is 0.238. The summed E-state index contributed by atoms with van der Waals surface area (Å²) in [5.41, 5.74) is 5.75. The normalized spacial score (nSPS) is 12.3. The molecule has 3 heteroatoms. The molecule has 4 aromatic rings. The second-order valence-electron chi connectivity index (χ2n) is 6.77. The zero-order chi connectivity index (χ0) is 17.3. The van der Waals surface area contributed by atoms with Gasteiger partial charge < -0.3 is 4.74 Å². The Balaban J connectivity index is 2.01. The van der Waals surface area contributed by atoms with E-state index in [1.807, 2.05) is 31.3 Å². The molecule has 25 heavy (non-hydrogen) atoms. The molecule has 0 radical (unpaired) electrons. The Morgan fingerprint density at radius 1 is 0.920 bits per heavy atom. The molecule has 0 spiro atoms. The average molecular weight is 330 g/mol. The molecule has 0 saturated heterocycles. The summed E-state index contributed by atoms with van der Waals surface area (Å²) in [6.07, 6.45) is 0. The van der Waals surface area contributed by atoms with Crippen molar-refractivity contribution in [2.45, 2.75) is 13.8 Å². The fraction of sp³-hybridized carbons (Fsp3) is 0.136. The van der Waals surface area contributed by atoms with Crippen LogP contribution in [0.5, 0.6) is 11.5 Å². The first-order chi connectivity index (χ1) is 12.0. The highest BCUT2D eigenvalue weighted by atomic mass is 19.1. The highest BCUT2D eigenvalue weighted by Crippen LogP contribution is 2.47. The van der Waals surface area contributed by atoms with Gasteiger partial charge in [-0.1, -0.05) is 18.2 Å². The number of aryl methyl sites for hydroxylation is 2. The van der Waals surface area contributed by atoms with Crippen LogP contribution in [0.1, 0.15) is 11.1 Å². The maximum Gasteiger partial charge on any atom is 0.256 e. The molecule has 1 aliphatic rings. The van der Waals surface area contributed by atoms with Crippen LogP contribution >= 0.6 is 0 Å². The van der Waals surface area contributed by atoms with Crippen LogP contribution in [-0.4, -0.2) is 0 Å². The number of benzene rings is 3. The molecule has 0 unspecified atom stereocenters. The lowest BCUT2D eigenvalue weighted by Gasteiger charge is -2.22. The average Bonchev–Trinajstić information content (AvgIpc) is 2.58. The Kier molecular flexibility index (Phi) is 2.76. The van der Waals surface area contributed by atoms with Gasteiger partial charge in [-0.05, 0) is 48.6 Å². The standard InChI is InChI=1S/C22H17FNO/c1-12-9-14-5-4-6-18-21(14)20(13(12)2)22-19(25-18)11-15-10-16(23)7-8-17(15)24(22)3/h4-11H,1-3H3/q+1. The third kappa shape index (κ3) is 1.86. The number of ether oxygens (including phenoxy) is 1. The smallest absolute Gasteiger partial charge is 0.256 e. The van der Waals surface area contributed by atoms with Crippen LogP contribution in [0.4, 0.5) is 4.39 Å². The molecular formula is C22H17FNO+. The molecule has 2 heterocycles. The van der Waals surface area contributed by atoms with Crippen molar-refractivity contribution in [2.75, 3.05) is 0 Å². The van der Waals surface area contributed by atoms with Gasteiger partial charge in [0.1, 0.15) is 18.6 Å². The number of halogens is 1. The predicted octanol–water partition coefficient (Wildman–Crippen LogP) is 5.35. The number of hydrogen-bond donors (Lipinski definition) is 0. The first-order valence-electron chi connectivity index (χ1n) is 8.38. The lowest BCUT2D eigenvalue weighted by molar-refractivity contribution is -0.633. The molecule has 3 aromatic carbocycles. The minimum atomic E-state index is -0.238. The zero-order valence-electron chi connectivity index (χ0n) is 14.4. The summed E-state index contributed by atoms with van der Waals surface area (Å²) in [5.74, 6) is 1.39. The second-order valence-corrected chi connectivity index (χ2v) is 6.77. The Labute approximate surface area is 145 Å². The first kappa shape index (κ1) is 14.4. The van der Waals surface area contributed by atoms with Crippen molar-refractivity contribution in [3.8, 4) is 22.8 Å². The van der Waals surface area contributed by atoms with Gasteiger partial charge in [0.25, 0.3) is 5.69 Å². The van der Waals surface area contributed by atoms with Gasteiger partial charge in [0, 0.05) is 17.5 Å². The molecule has 0 N–H and O–H groups in total. The molecule has 1 aliphatic heterocycles. The van der Waals surface area contributed by atoms with E-state index in [4.69, 9.17) is 4.74 Å². The van der Waals surface area contributed by atoms with E-state index in [-0.39, 0.29) is 5.82 Å². The number of hydrogen-bond acceptors (Lipinski definition) is 1. The van der Waals surface area contributed by atoms with Crippen LogP contribution in [0.3, 0.4) is 0 Å². The van der Waals surface area contributed by atoms with Gasteiger partial charge in [-0.15, -0.1) is 0 Å². The van der Waals surface area contributed by atoms with E-state index in [0.717, 1.165) is 33.5 Å². The van der Waals surface area contributed by atoms with Crippen molar-refractivity contribution in [3.05, 3.63) is 65.5 Å². The Morgan fingerprint density at radius 2 is 1.76 bits per heavy atom. The molecule has 5 rings (SSSR count). The van der Waals surface area contributed by atoms with Crippen molar-refractivity contribution in [1.82, 2.24) is 0 Å². The molecule has 0 saturated carbocycles. The van der Waals surface area contributed by atoms with Crippen molar-refractivity contribution >= 4 is 21.7 Å². The molecule has 1 aromatic heterocycles. The van der Waals surface area contributed by atoms with Crippen LogP contribution in [0.25, 0.3) is 32.9 Å². The molecular weight excluding hydrogens is 313 g/mol. The van der Waals surface area contributed by atoms with Crippen LogP contribution < -0.4 is 9.30 Å². The van der Waals surface area contributed by atoms with Crippen molar-refractivity contribution in [1.29, 1.82) is 0 Å². The summed E-state index contributed by atoms with van der Waals surface area (Å²) in [6.45, 7) is 4.30. The Hall–Kier alpha value is -2.94. The van der Waals surface area contributed by atoms with Gasteiger partial charge in [0.15, 0.2) is 5.75 Å². The Bertz CT molecular complexity index is 1210. The minimum Gasteiger partial charge on any atom is -0.450 e. The fourth-order valence-electron chi connectivity index (χ4n) is 3.97. The zero-order valence-corrected chi connectivity index (χ0v) is 14.4. The summed E-state index contributed by atoms with van der Waals surface area (Å²) in [5, 5.41) is 3.16. The van der Waals surface area contributed by atoms with Crippen molar-refractivity contribution < 1.29 is 13.7 Å². The monoisotopic (exact) mass is 330 g/mol. The Morgan fingerprint density at radius 3 is 2.60 bits per heavy atom. The van der Waals surface area contributed by atoms with Crippen LogP contribution in [-0.2, 0) is 7.05 Å². The van der Waals surface area contributed by atoms with E-state index >= 15 is 0 Å². The second kappa shape index (κ2) is 4.79. The summed E-state index contributed by atoms with van der Waals surface area (Å²) < 4.78 is 22.0. The number of rotatable bonds is 0. The third-order valence-electron chi connectivity index (χ3n) is 5.31. The predicted molar refractivity (Wildman–Crippen MR) is 97.6 cm³/mol. The van der Waals surface area contributed by atoms with E-state index < -0.39 is 0 Å². The third-order valence-corrected chi connectivity index (χ3v) is 5.31. The summed E-state index contributed by atoms with van der Waals surface area (Å²) in [6, 6.07) is 15.2. The molecule has 0 aliphatic carbocycles. The van der Waals surface area contributed by atoms with E-state index in [0.29, 0.717) is 0 Å². The molecule has 122 valence electrons. The molecule has 0 bridgehead atoms. The van der Waals surface area contributed by atoms with Gasteiger partial charge in [-0.2, -0.15) is 4.57 Å². The SMILES string of the molecule is Cc1cc2cccc3c2c(c1C)-c1c(cc2cc(F)ccc2[n+]1C)O3. The van der Waals surface area contributed by atoms with Crippen LogP contribution in [0.2, 0.25) is 0 Å². The van der Waals surface area contributed by atoms with Gasteiger partial charge in [-0.3, -0.25) is 0 Å². The molecule has 0 fully saturated rings. The lowest BCUT2D eigenvalue weighted by atomic mass is 9.90. The lowest BCUT2D eigenvalue weighted by Crippen LogP contribution is -2.33. The highest BCUT2D eigenvalue weighted by molar-refractivity contribution is 6.05.